The summed E-state index contributed by atoms with van der Waals surface area (Å²) in [6, 6.07) is 9.27. The Balaban J connectivity index is 1.28. The molecule has 4 aromatic rings. The van der Waals surface area contributed by atoms with E-state index in [1.165, 1.54) is 4.52 Å². The van der Waals surface area contributed by atoms with Gasteiger partial charge in [0.05, 0.1) is 6.26 Å². The third-order valence-corrected chi connectivity index (χ3v) is 5.59. The van der Waals surface area contributed by atoms with Crippen molar-refractivity contribution >= 4 is 17.7 Å². The van der Waals surface area contributed by atoms with Crippen LogP contribution in [-0.4, -0.2) is 48.6 Å². The molecule has 1 aliphatic rings. The minimum atomic E-state index is -0.161. The summed E-state index contributed by atoms with van der Waals surface area (Å²) in [4.78, 5) is 15.5. The molecule has 1 unspecified atom stereocenters. The molecule has 1 atom stereocenters. The predicted octanol–water partition coefficient (Wildman–Crippen LogP) is 2.89. The predicted molar refractivity (Wildman–Crippen MR) is 114 cm³/mol. The molecule has 0 bridgehead atoms. The standard InChI is InChI=1S/C21H23FN8O/c1-13-6-7-14(10-16(13)22)12-29-8-2-4-15(29)11-24-20-26-19(23)30-21(27-20)25-18(28-30)17-5-3-9-31-17/h3,5-7,9-10,15H,2,4,8,11-12H2,1H3,(H3,23,24,25,26,27,28). The van der Waals surface area contributed by atoms with Crippen molar-refractivity contribution in [1.82, 2.24) is 29.5 Å². The summed E-state index contributed by atoms with van der Waals surface area (Å²) >= 11 is 0. The van der Waals surface area contributed by atoms with Crippen LogP contribution in [0.3, 0.4) is 0 Å². The lowest BCUT2D eigenvalue weighted by Crippen LogP contribution is -2.34. The first kappa shape index (κ1) is 19.4. The maximum atomic E-state index is 13.9. The van der Waals surface area contributed by atoms with Crippen molar-refractivity contribution in [3.63, 3.8) is 0 Å². The van der Waals surface area contributed by atoms with Crippen LogP contribution in [-0.2, 0) is 6.54 Å². The highest BCUT2D eigenvalue weighted by Gasteiger charge is 2.25. The summed E-state index contributed by atoms with van der Waals surface area (Å²) in [5, 5.41) is 7.58. The quantitative estimate of drug-likeness (QED) is 0.488. The molecule has 3 aromatic heterocycles. The number of hydrogen-bond donors (Lipinski definition) is 2. The Hall–Kier alpha value is -3.53. The summed E-state index contributed by atoms with van der Waals surface area (Å²) < 4.78 is 20.6. The SMILES string of the molecule is Cc1ccc(CN2CCCC2CNc2nc(N)n3nc(-c4ccco4)nc3n2)cc1F. The summed E-state index contributed by atoms with van der Waals surface area (Å²) in [5.74, 6) is 1.71. The number of nitrogens with two attached hydrogens (primary N) is 1. The topological polar surface area (TPSA) is 110 Å². The molecule has 3 N–H and O–H groups in total. The summed E-state index contributed by atoms with van der Waals surface area (Å²) in [6.45, 7) is 4.11. The first-order valence-electron chi connectivity index (χ1n) is 10.2. The molecule has 4 heterocycles. The van der Waals surface area contributed by atoms with Crippen LogP contribution in [0.1, 0.15) is 24.0 Å². The van der Waals surface area contributed by atoms with E-state index in [0.29, 0.717) is 48.0 Å². The maximum absolute atomic E-state index is 13.9. The highest BCUT2D eigenvalue weighted by Crippen LogP contribution is 2.22. The Kier molecular flexibility index (Phi) is 4.99. The van der Waals surface area contributed by atoms with Crippen LogP contribution in [0.2, 0.25) is 0 Å². The molecular formula is C21H23FN8O. The van der Waals surface area contributed by atoms with Crippen molar-refractivity contribution in [3.05, 3.63) is 53.5 Å². The van der Waals surface area contributed by atoms with Crippen LogP contribution in [0.5, 0.6) is 0 Å². The van der Waals surface area contributed by atoms with E-state index in [0.717, 1.165) is 24.9 Å². The van der Waals surface area contributed by atoms with Gasteiger partial charge in [-0.2, -0.15) is 19.5 Å². The van der Waals surface area contributed by atoms with E-state index in [9.17, 15) is 4.39 Å². The molecule has 10 heteroatoms. The van der Waals surface area contributed by atoms with Crippen molar-refractivity contribution in [1.29, 1.82) is 0 Å². The third-order valence-electron chi connectivity index (χ3n) is 5.59. The van der Waals surface area contributed by atoms with Gasteiger partial charge in [0.25, 0.3) is 5.78 Å². The summed E-state index contributed by atoms with van der Waals surface area (Å²) in [7, 11) is 0. The smallest absolute Gasteiger partial charge is 0.259 e. The number of halogens is 1. The number of aromatic nitrogens is 5. The normalized spacial score (nSPS) is 16.9. The van der Waals surface area contributed by atoms with Crippen molar-refractivity contribution in [2.75, 3.05) is 24.1 Å². The molecule has 1 aromatic carbocycles. The second-order valence-corrected chi connectivity index (χ2v) is 7.76. The molecule has 9 nitrogen and oxygen atoms in total. The number of nitrogens with one attached hydrogen (secondary N) is 1. The Labute approximate surface area is 178 Å². The molecule has 160 valence electrons. The lowest BCUT2D eigenvalue weighted by Gasteiger charge is -2.25. The van der Waals surface area contributed by atoms with Gasteiger partial charge in [0.1, 0.15) is 5.82 Å². The van der Waals surface area contributed by atoms with Gasteiger partial charge in [0, 0.05) is 19.1 Å². The van der Waals surface area contributed by atoms with E-state index in [4.69, 9.17) is 10.2 Å². The molecule has 1 aliphatic heterocycles. The minimum absolute atomic E-state index is 0.161. The molecule has 0 amide bonds. The van der Waals surface area contributed by atoms with Crippen LogP contribution >= 0.6 is 0 Å². The average Bonchev–Trinajstić information content (AvgIpc) is 3.49. The van der Waals surface area contributed by atoms with Gasteiger partial charge in [-0.15, -0.1) is 5.10 Å². The minimum Gasteiger partial charge on any atom is -0.461 e. The number of hydrogen-bond acceptors (Lipinski definition) is 8. The molecule has 0 radical (unpaired) electrons. The number of nitrogens with zero attached hydrogens (tertiary/aromatic N) is 6. The lowest BCUT2D eigenvalue weighted by atomic mass is 10.1. The van der Waals surface area contributed by atoms with Crippen molar-refractivity contribution < 1.29 is 8.81 Å². The van der Waals surface area contributed by atoms with Crippen LogP contribution in [0.4, 0.5) is 16.3 Å². The number of anilines is 2. The third kappa shape index (κ3) is 3.93. The number of aryl methyl sites for hydroxylation is 1. The monoisotopic (exact) mass is 422 g/mol. The van der Waals surface area contributed by atoms with Gasteiger partial charge in [-0.05, 0) is 55.6 Å². The van der Waals surface area contributed by atoms with Crippen LogP contribution in [0, 0.1) is 12.7 Å². The Bertz CT molecular complexity index is 1210. The van der Waals surface area contributed by atoms with Gasteiger partial charge in [-0.3, -0.25) is 4.90 Å². The number of furan rings is 1. The van der Waals surface area contributed by atoms with Gasteiger partial charge in [0.15, 0.2) is 5.76 Å². The number of fused-ring (bicyclic) bond motifs is 1. The highest BCUT2D eigenvalue weighted by molar-refractivity contribution is 5.52. The zero-order valence-electron chi connectivity index (χ0n) is 17.1. The van der Waals surface area contributed by atoms with Gasteiger partial charge < -0.3 is 15.5 Å². The number of nitrogen functional groups attached to an aromatic ring is 1. The fraction of sp³-hybridized carbons (Fsp3) is 0.333. The van der Waals surface area contributed by atoms with Gasteiger partial charge in [0.2, 0.25) is 17.7 Å². The van der Waals surface area contributed by atoms with E-state index in [2.05, 4.69) is 30.3 Å². The largest absolute Gasteiger partial charge is 0.461 e. The fourth-order valence-electron chi connectivity index (χ4n) is 3.91. The molecular weight excluding hydrogens is 399 g/mol. The fourth-order valence-corrected chi connectivity index (χ4v) is 3.91. The van der Waals surface area contributed by atoms with E-state index < -0.39 is 0 Å². The van der Waals surface area contributed by atoms with E-state index in [1.807, 2.05) is 12.1 Å². The first-order valence-corrected chi connectivity index (χ1v) is 10.2. The summed E-state index contributed by atoms with van der Waals surface area (Å²) in [6.07, 6.45) is 3.70. The van der Waals surface area contributed by atoms with Crippen molar-refractivity contribution in [2.45, 2.75) is 32.4 Å². The molecule has 1 saturated heterocycles. The van der Waals surface area contributed by atoms with Crippen molar-refractivity contribution in [3.8, 4) is 11.6 Å². The number of benzene rings is 1. The Morgan fingerprint density at radius 2 is 2.16 bits per heavy atom. The van der Waals surface area contributed by atoms with Crippen molar-refractivity contribution in [2.24, 2.45) is 0 Å². The second kappa shape index (κ2) is 7.95. The van der Waals surface area contributed by atoms with Gasteiger partial charge in [-0.1, -0.05) is 12.1 Å². The average molecular weight is 422 g/mol. The Morgan fingerprint density at radius 1 is 1.26 bits per heavy atom. The lowest BCUT2D eigenvalue weighted by molar-refractivity contribution is 0.253. The van der Waals surface area contributed by atoms with E-state index >= 15 is 0 Å². The zero-order valence-corrected chi connectivity index (χ0v) is 17.1. The first-order chi connectivity index (χ1) is 15.1. The molecule has 5 rings (SSSR count). The molecule has 0 aliphatic carbocycles. The van der Waals surface area contributed by atoms with Crippen LogP contribution in [0.15, 0.2) is 41.0 Å². The Morgan fingerprint density at radius 3 is 2.97 bits per heavy atom. The molecule has 0 saturated carbocycles. The summed E-state index contributed by atoms with van der Waals surface area (Å²) in [5.41, 5.74) is 7.70. The zero-order chi connectivity index (χ0) is 21.4. The van der Waals surface area contributed by atoms with E-state index in [-0.39, 0.29) is 11.8 Å². The highest BCUT2D eigenvalue weighted by atomic mass is 19.1. The molecule has 1 fully saturated rings. The van der Waals surface area contributed by atoms with Crippen LogP contribution in [0.25, 0.3) is 17.4 Å². The molecule has 0 spiro atoms. The van der Waals surface area contributed by atoms with E-state index in [1.54, 1.807) is 31.4 Å². The molecule has 31 heavy (non-hydrogen) atoms. The second-order valence-electron chi connectivity index (χ2n) is 7.76. The maximum Gasteiger partial charge on any atom is 0.259 e. The van der Waals surface area contributed by atoms with Gasteiger partial charge >= 0.3 is 0 Å². The number of likely N-dealkylation sites (tertiary alicyclic amines) is 1. The van der Waals surface area contributed by atoms with Gasteiger partial charge in [-0.25, -0.2) is 4.39 Å². The number of rotatable bonds is 6. The van der Waals surface area contributed by atoms with Crippen LogP contribution < -0.4 is 11.1 Å².